The van der Waals surface area contributed by atoms with Gasteiger partial charge in [-0.3, -0.25) is 4.99 Å². The first-order chi connectivity index (χ1) is 9.17. The van der Waals surface area contributed by atoms with Crippen LogP contribution in [0.15, 0.2) is 4.99 Å². The number of nitrogens with zero attached hydrogens (tertiary/aromatic N) is 2. The van der Waals surface area contributed by atoms with Crippen LogP contribution >= 0.6 is 35.3 Å². The molecule has 0 amide bonds. The van der Waals surface area contributed by atoms with Gasteiger partial charge in [0.05, 0.1) is 10.7 Å². The number of nitrogens with one attached hydrogen (secondary N) is 2. The Bertz CT molecular complexity index is 404. The van der Waals surface area contributed by atoms with Gasteiger partial charge in [-0.2, -0.15) is 0 Å². The number of guanidine groups is 1. The fourth-order valence-electron chi connectivity index (χ4n) is 1.90. The van der Waals surface area contributed by atoms with E-state index in [9.17, 15) is 0 Å². The summed E-state index contributed by atoms with van der Waals surface area (Å²) in [7, 11) is 1.82. The molecule has 0 saturated heterocycles. The van der Waals surface area contributed by atoms with Gasteiger partial charge in [-0.15, -0.1) is 35.3 Å². The maximum Gasteiger partial charge on any atom is 0.190 e. The minimum Gasteiger partial charge on any atom is -0.356 e. The summed E-state index contributed by atoms with van der Waals surface area (Å²) in [5, 5.41) is 7.83. The first kappa shape index (κ1) is 19.6. The van der Waals surface area contributed by atoms with Crippen LogP contribution < -0.4 is 10.6 Å². The SMILES string of the molecule is CCCCCNC(=NC)NCCc1sc(C)nc1C.I. The average Bonchev–Trinajstić information content (AvgIpc) is 2.71. The van der Waals surface area contributed by atoms with E-state index >= 15 is 0 Å². The van der Waals surface area contributed by atoms with Crippen LogP contribution in [0.25, 0.3) is 0 Å². The highest BCUT2D eigenvalue weighted by molar-refractivity contribution is 14.0. The van der Waals surface area contributed by atoms with Gasteiger partial charge >= 0.3 is 0 Å². The third-order valence-corrected chi connectivity index (χ3v) is 4.07. The second kappa shape index (κ2) is 11.3. The van der Waals surface area contributed by atoms with Crippen LogP contribution in [-0.4, -0.2) is 31.1 Å². The topological polar surface area (TPSA) is 49.3 Å². The van der Waals surface area contributed by atoms with Crippen molar-refractivity contribution < 1.29 is 0 Å². The molecule has 0 fully saturated rings. The highest BCUT2D eigenvalue weighted by atomic mass is 127. The molecule has 1 heterocycles. The lowest BCUT2D eigenvalue weighted by atomic mass is 10.2. The quantitative estimate of drug-likeness (QED) is 0.314. The zero-order valence-corrected chi connectivity index (χ0v) is 16.1. The Kier molecular flexibility index (Phi) is 11.1. The van der Waals surface area contributed by atoms with Gasteiger partial charge in [0.2, 0.25) is 0 Å². The first-order valence-electron chi connectivity index (χ1n) is 7.04. The predicted molar refractivity (Wildman–Crippen MR) is 99.6 cm³/mol. The Morgan fingerprint density at radius 2 is 1.90 bits per heavy atom. The third-order valence-electron chi connectivity index (χ3n) is 2.94. The standard InChI is InChI=1S/C14H26N4S.HI/c1-5-6-7-9-16-14(15-4)17-10-8-13-11(2)18-12(3)19-13;/h5-10H2,1-4H3,(H2,15,16,17);1H. The Hall–Kier alpha value is -0.370. The van der Waals surface area contributed by atoms with Gasteiger partial charge in [-0.1, -0.05) is 19.8 Å². The van der Waals surface area contributed by atoms with Crippen LogP contribution in [0.1, 0.15) is 41.8 Å². The Labute approximate surface area is 143 Å². The van der Waals surface area contributed by atoms with Gasteiger partial charge in [0, 0.05) is 31.4 Å². The van der Waals surface area contributed by atoms with Gasteiger partial charge in [-0.25, -0.2) is 4.98 Å². The summed E-state index contributed by atoms with van der Waals surface area (Å²) in [6.07, 6.45) is 4.72. The van der Waals surface area contributed by atoms with Crippen LogP contribution in [0, 0.1) is 13.8 Å². The highest BCUT2D eigenvalue weighted by Crippen LogP contribution is 2.16. The monoisotopic (exact) mass is 410 g/mol. The van der Waals surface area contributed by atoms with Crippen LogP contribution in [0.3, 0.4) is 0 Å². The molecule has 0 aliphatic rings. The maximum absolute atomic E-state index is 4.44. The van der Waals surface area contributed by atoms with Crippen LogP contribution in [0.2, 0.25) is 0 Å². The molecule has 0 aromatic carbocycles. The molecule has 1 rings (SSSR count). The zero-order chi connectivity index (χ0) is 14.1. The van der Waals surface area contributed by atoms with Gasteiger partial charge < -0.3 is 10.6 Å². The molecule has 0 radical (unpaired) electrons. The van der Waals surface area contributed by atoms with Crippen molar-refractivity contribution in [1.29, 1.82) is 0 Å². The first-order valence-corrected chi connectivity index (χ1v) is 7.86. The molecule has 20 heavy (non-hydrogen) atoms. The molecule has 6 heteroatoms. The van der Waals surface area contributed by atoms with Crippen molar-refractivity contribution in [2.24, 2.45) is 4.99 Å². The molecule has 1 aromatic rings. The Morgan fingerprint density at radius 1 is 1.20 bits per heavy atom. The van der Waals surface area contributed by atoms with Crippen molar-refractivity contribution in [3.05, 3.63) is 15.6 Å². The second-order valence-corrected chi connectivity index (χ2v) is 5.91. The fraction of sp³-hybridized carbons (Fsp3) is 0.714. The molecular weight excluding hydrogens is 383 g/mol. The third kappa shape index (κ3) is 7.42. The molecule has 0 aliphatic carbocycles. The molecule has 4 nitrogen and oxygen atoms in total. The van der Waals surface area contributed by atoms with Crippen molar-refractivity contribution in [3.8, 4) is 0 Å². The van der Waals surface area contributed by atoms with Crippen molar-refractivity contribution in [3.63, 3.8) is 0 Å². The van der Waals surface area contributed by atoms with Crippen molar-refractivity contribution in [1.82, 2.24) is 15.6 Å². The summed E-state index contributed by atoms with van der Waals surface area (Å²) < 4.78 is 0. The lowest BCUT2D eigenvalue weighted by Crippen LogP contribution is -2.38. The van der Waals surface area contributed by atoms with Gasteiger partial charge in [0.1, 0.15) is 0 Å². The molecule has 0 bridgehead atoms. The van der Waals surface area contributed by atoms with E-state index < -0.39 is 0 Å². The summed E-state index contributed by atoms with van der Waals surface area (Å²) in [4.78, 5) is 10.0. The van der Waals surface area contributed by atoms with E-state index in [1.54, 1.807) is 11.3 Å². The van der Waals surface area contributed by atoms with Crippen LogP contribution in [-0.2, 0) is 6.42 Å². The molecule has 0 spiro atoms. The molecule has 2 N–H and O–H groups in total. The van der Waals surface area contributed by atoms with Gasteiger partial charge in [0.15, 0.2) is 5.96 Å². The molecule has 0 unspecified atom stereocenters. The minimum atomic E-state index is 0. The Morgan fingerprint density at radius 3 is 2.45 bits per heavy atom. The molecule has 0 aliphatic heterocycles. The summed E-state index contributed by atoms with van der Waals surface area (Å²) >= 11 is 1.79. The average molecular weight is 410 g/mol. The van der Waals surface area contributed by atoms with Gasteiger partial charge in [0.25, 0.3) is 0 Å². The summed E-state index contributed by atoms with van der Waals surface area (Å²) in [6, 6.07) is 0. The molecular formula is C14H27IN4S. The number of aromatic nitrogens is 1. The van der Waals surface area contributed by atoms with E-state index in [0.717, 1.165) is 36.2 Å². The van der Waals surface area contributed by atoms with Crippen LogP contribution in [0.4, 0.5) is 0 Å². The number of hydrogen-bond acceptors (Lipinski definition) is 3. The van der Waals surface area contributed by atoms with E-state index in [1.807, 2.05) is 7.05 Å². The van der Waals surface area contributed by atoms with Crippen molar-refractivity contribution in [2.45, 2.75) is 46.5 Å². The zero-order valence-electron chi connectivity index (χ0n) is 13.0. The number of aliphatic imine (C=N–C) groups is 1. The van der Waals surface area contributed by atoms with Crippen LogP contribution in [0.5, 0.6) is 0 Å². The number of hydrogen-bond donors (Lipinski definition) is 2. The van der Waals surface area contributed by atoms with Crippen molar-refractivity contribution >= 4 is 41.3 Å². The van der Waals surface area contributed by atoms with E-state index in [1.165, 1.54) is 24.1 Å². The minimum absolute atomic E-state index is 0. The molecule has 1 aromatic heterocycles. The Balaban J connectivity index is 0.00000361. The normalized spacial score (nSPS) is 11.1. The lowest BCUT2D eigenvalue weighted by Gasteiger charge is -2.11. The summed E-state index contributed by atoms with van der Waals surface area (Å²) in [5.41, 5.74) is 1.16. The number of aryl methyl sites for hydroxylation is 2. The number of halogens is 1. The van der Waals surface area contributed by atoms with Gasteiger partial charge in [-0.05, 0) is 20.3 Å². The highest BCUT2D eigenvalue weighted by Gasteiger charge is 2.04. The number of rotatable bonds is 7. The van der Waals surface area contributed by atoms with E-state index in [-0.39, 0.29) is 24.0 Å². The second-order valence-electron chi connectivity index (χ2n) is 4.62. The van der Waals surface area contributed by atoms with E-state index in [4.69, 9.17) is 0 Å². The summed E-state index contributed by atoms with van der Waals surface area (Å²) in [6.45, 7) is 8.24. The number of thiazole rings is 1. The summed E-state index contributed by atoms with van der Waals surface area (Å²) in [5.74, 6) is 0.898. The largest absolute Gasteiger partial charge is 0.356 e. The fourth-order valence-corrected chi connectivity index (χ4v) is 2.84. The smallest absolute Gasteiger partial charge is 0.190 e. The van der Waals surface area contributed by atoms with Crippen molar-refractivity contribution in [2.75, 3.05) is 20.1 Å². The van der Waals surface area contributed by atoms with E-state index in [2.05, 4.69) is 41.4 Å². The van der Waals surface area contributed by atoms with E-state index in [0.29, 0.717) is 0 Å². The maximum atomic E-state index is 4.44. The molecule has 116 valence electrons. The lowest BCUT2D eigenvalue weighted by molar-refractivity contribution is 0.682. The molecule has 0 atom stereocenters. The predicted octanol–water partition coefficient (Wildman–Crippen LogP) is 3.28. The number of unbranched alkanes of at least 4 members (excludes halogenated alkanes) is 2. The molecule has 0 saturated carbocycles.